The lowest BCUT2D eigenvalue weighted by atomic mass is 9.95. The average Bonchev–Trinajstić information content (AvgIpc) is 2.73. The molecule has 1 aromatic heterocycles. The molecule has 0 bridgehead atoms. The second-order valence-corrected chi connectivity index (χ2v) is 8.44. The number of benzene rings is 3. The summed E-state index contributed by atoms with van der Waals surface area (Å²) < 4.78 is 6.56. The van der Waals surface area contributed by atoms with Crippen molar-refractivity contribution < 1.29 is 4.42 Å². The fourth-order valence-corrected chi connectivity index (χ4v) is 4.02. The lowest BCUT2D eigenvalue weighted by molar-refractivity contribution is 0.581. The molecule has 0 unspecified atom stereocenters. The maximum absolute atomic E-state index is 6.56. The van der Waals surface area contributed by atoms with E-state index in [4.69, 9.17) is 4.42 Å². The fraction of sp³-hybridized carbons (Fsp3) is 0.207. The van der Waals surface area contributed by atoms with Gasteiger partial charge >= 0.3 is 11.5 Å². The van der Waals surface area contributed by atoms with Crippen molar-refractivity contribution in [1.29, 1.82) is 0 Å². The third-order valence-corrected chi connectivity index (χ3v) is 6.11. The van der Waals surface area contributed by atoms with Gasteiger partial charge in [0.25, 0.3) is 0 Å². The van der Waals surface area contributed by atoms with E-state index in [1.54, 1.807) is 0 Å². The summed E-state index contributed by atoms with van der Waals surface area (Å²) in [5.41, 5.74) is 12.3. The molecular formula is C29H29O+. The molecule has 0 aliphatic carbocycles. The zero-order valence-corrected chi connectivity index (χ0v) is 18.8. The zero-order chi connectivity index (χ0) is 21.4. The van der Waals surface area contributed by atoms with Gasteiger partial charge in [-0.05, 0) is 92.6 Å². The van der Waals surface area contributed by atoms with E-state index < -0.39 is 0 Å². The molecule has 0 aliphatic rings. The van der Waals surface area contributed by atoms with Crippen molar-refractivity contribution >= 4 is 0 Å². The van der Waals surface area contributed by atoms with E-state index in [-0.39, 0.29) is 0 Å². The van der Waals surface area contributed by atoms with Crippen LogP contribution in [0.25, 0.3) is 33.8 Å². The summed E-state index contributed by atoms with van der Waals surface area (Å²) in [6, 6.07) is 23.9. The van der Waals surface area contributed by atoms with E-state index >= 15 is 0 Å². The van der Waals surface area contributed by atoms with Crippen LogP contribution in [0.4, 0.5) is 0 Å². The molecule has 0 N–H and O–H groups in total. The zero-order valence-electron chi connectivity index (χ0n) is 18.8. The Morgan fingerprint density at radius 2 is 0.867 bits per heavy atom. The molecule has 4 rings (SSSR count). The molecule has 0 saturated carbocycles. The number of hydrogen-bond acceptors (Lipinski definition) is 0. The Morgan fingerprint density at radius 3 is 1.33 bits per heavy atom. The van der Waals surface area contributed by atoms with Gasteiger partial charge in [0.15, 0.2) is 0 Å². The fourth-order valence-electron chi connectivity index (χ4n) is 4.02. The number of aryl methyl sites for hydroxylation is 6. The molecule has 150 valence electrons. The van der Waals surface area contributed by atoms with Crippen molar-refractivity contribution in [3.05, 3.63) is 100 Å². The summed E-state index contributed by atoms with van der Waals surface area (Å²) in [6.45, 7) is 13.0. The van der Waals surface area contributed by atoms with Crippen molar-refractivity contribution in [3.63, 3.8) is 0 Å². The van der Waals surface area contributed by atoms with Gasteiger partial charge < -0.3 is 0 Å². The van der Waals surface area contributed by atoms with Gasteiger partial charge in [-0.15, -0.1) is 0 Å². The second-order valence-electron chi connectivity index (χ2n) is 8.44. The standard InChI is InChI=1S/C29H29O/c1-18-12-22(5)26(14-20(18)3)28-16-25(24-10-8-7-9-11-24)17-29(30-28)27-15-21(4)19(2)13-23(27)6/h7-17H,1-6H3/q+1. The first-order valence-corrected chi connectivity index (χ1v) is 10.5. The lowest BCUT2D eigenvalue weighted by Crippen LogP contribution is -1.93. The van der Waals surface area contributed by atoms with E-state index in [2.05, 4.69) is 108 Å². The van der Waals surface area contributed by atoms with E-state index in [1.807, 2.05) is 0 Å². The molecule has 1 heterocycles. The van der Waals surface area contributed by atoms with Crippen LogP contribution in [-0.4, -0.2) is 0 Å². The Bertz CT molecular complexity index is 1160. The first-order chi connectivity index (χ1) is 14.3. The van der Waals surface area contributed by atoms with Crippen molar-refractivity contribution in [2.24, 2.45) is 0 Å². The molecule has 30 heavy (non-hydrogen) atoms. The monoisotopic (exact) mass is 393 g/mol. The van der Waals surface area contributed by atoms with Gasteiger partial charge in [-0.1, -0.05) is 42.5 Å². The number of rotatable bonds is 3. The Hall–Kier alpha value is -3.19. The third-order valence-electron chi connectivity index (χ3n) is 6.11. The topological polar surface area (TPSA) is 11.3 Å². The lowest BCUT2D eigenvalue weighted by Gasteiger charge is -2.08. The summed E-state index contributed by atoms with van der Waals surface area (Å²) >= 11 is 0. The highest BCUT2D eigenvalue weighted by molar-refractivity contribution is 5.77. The van der Waals surface area contributed by atoms with E-state index in [0.717, 1.165) is 22.6 Å². The van der Waals surface area contributed by atoms with Crippen LogP contribution >= 0.6 is 0 Å². The molecule has 0 radical (unpaired) electrons. The first kappa shape index (κ1) is 20.1. The minimum absolute atomic E-state index is 0.907. The first-order valence-electron chi connectivity index (χ1n) is 10.5. The van der Waals surface area contributed by atoms with Crippen molar-refractivity contribution in [3.8, 4) is 33.8 Å². The molecule has 0 amide bonds. The van der Waals surface area contributed by atoms with Crippen molar-refractivity contribution in [2.45, 2.75) is 41.5 Å². The predicted molar refractivity (Wildman–Crippen MR) is 128 cm³/mol. The van der Waals surface area contributed by atoms with Gasteiger partial charge in [0.2, 0.25) is 0 Å². The van der Waals surface area contributed by atoms with Gasteiger partial charge in [0.05, 0.1) is 23.3 Å². The molecule has 1 nitrogen and oxygen atoms in total. The van der Waals surface area contributed by atoms with Crippen molar-refractivity contribution in [1.82, 2.24) is 0 Å². The van der Waals surface area contributed by atoms with Gasteiger partial charge in [-0.3, -0.25) is 0 Å². The van der Waals surface area contributed by atoms with Crippen LogP contribution < -0.4 is 0 Å². The van der Waals surface area contributed by atoms with Crippen LogP contribution in [0.2, 0.25) is 0 Å². The third kappa shape index (κ3) is 3.80. The van der Waals surface area contributed by atoms with Gasteiger partial charge in [-0.2, -0.15) is 0 Å². The second kappa shape index (κ2) is 7.91. The molecule has 0 fully saturated rings. The Kier molecular flexibility index (Phi) is 5.30. The normalized spacial score (nSPS) is 11.0. The van der Waals surface area contributed by atoms with Crippen molar-refractivity contribution in [2.75, 3.05) is 0 Å². The van der Waals surface area contributed by atoms with Gasteiger partial charge in [0.1, 0.15) is 0 Å². The number of hydrogen-bond donors (Lipinski definition) is 0. The van der Waals surface area contributed by atoms with E-state index in [1.165, 1.54) is 44.5 Å². The van der Waals surface area contributed by atoms with E-state index in [0.29, 0.717) is 0 Å². The summed E-state index contributed by atoms with van der Waals surface area (Å²) in [5.74, 6) is 1.81. The molecule has 0 saturated heterocycles. The largest absolute Gasteiger partial charge is 0.361 e. The Morgan fingerprint density at radius 1 is 0.433 bits per heavy atom. The highest BCUT2D eigenvalue weighted by Crippen LogP contribution is 2.36. The van der Waals surface area contributed by atoms with Crippen LogP contribution in [0.5, 0.6) is 0 Å². The molecule has 0 atom stereocenters. The molecular weight excluding hydrogens is 364 g/mol. The van der Waals surface area contributed by atoms with Gasteiger partial charge in [0, 0.05) is 5.56 Å². The molecule has 4 aromatic rings. The van der Waals surface area contributed by atoms with Crippen LogP contribution in [0.1, 0.15) is 33.4 Å². The van der Waals surface area contributed by atoms with Gasteiger partial charge in [-0.25, -0.2) is 4.42 Å². The maximum atomic E-state index is 6.56. The van der Waals surface area contributed by atoms with Crippen LogP contribution in [0.15, 0.2) is 71.1 Å². The SMILES string of the molecule is Cc1cc(C)c(-c2cc(-c3ccccc3)cc(-c3cc(C)c(C)cc3C)[o+]2)cc1C. The molecule has 1 heteroatoms. The Balaban J connectivity index is 1.99. The Labute approximate surface area is 180 Å². The summed E-state index contributed by atoms with van der Waals surface area (Å²) in [5, 5.41) is 0. The summed E-state index contributed by atoms with van der Waals surface area (Å²) in [4.78, 5) is 0. The van der Waals surface area contributed by atoms with Crippen LogP contribution in [-0.2, 0) is 0 Å². The van der Waals surface area contributed by atoms with Crippen LogP contribution in [0.3, 0.4) is 0 Å². The minimum atomic E-state index is 0.907. The molecule has 0 aliphatic heterocycles. The molecule has 0 spiro atoms. The average molecular weight is 394 g/mol. The maximum Gasteiger partial charge on any atom is 0.361 e. The highest BCUT2D eigenvalue weighted by atomic mass is 16.3. The molecule has 3 aromatic carbocycles. The quantitative estimate of drug-likeness (QED) is 0.318. The smallest absolute Gasteiger partial charge is 0.207 e. The summed E-state index contributed by atoms with van der Waals surface area (Å²) in [7, 11) is 0. The summed E-state index contributed by atoms with van der Waals surface area (Å²) in [6.07, 6.45) is 0. The highest BCUT2D eigenvalue weighted by Gasteiger charge is 2.24. The van der Waals surface area contributed by atoms with Crippen LogP contribution in [0, 0.1) is 41.5 Å². The minimum Gasteiger partial charge on any atom is -0.207 e. The predicted octanol–water partition coefficient (Wildman–Crippen LogP) is 8.41. The van der Waals surface area contributed by atoms with E-state index in [9.17, 15) is 0 Å².